The maximum absolute atomic E-state index is 12.4. The molecule has 0 saturated heterocycles. The van der Waals surface area contributed by atoms with Crippen LogP contribution in [0, 0.1) is 19.8 Å². The van der Waals surface area contributed by atoms with Gasteiger partial charge in [0.1, 0.15) is 0 Å². The maximum atomic E-state index is 12.4. The first-order valence-electron chi connectivity index (χ1n) is 10.7. The minimum Gasteiger partial charge on any atom is -0.352 e. The number of amides is 1. The second kappa shape index (κ2) is 9.16. The van der Waals surface area contributed by atoms with Crippen molar-refractivity contribution in [2.75, 3.05) is 5.75 Å². The van der Waals surface area contributed by atoms with E-state index in [4.69, 9.17) is 0 Å². The Kier molecular flexibility index (Phi) is 6.37. The SMILES string of the molecule is Cc1nc2nc(SCC(=O)N[C@H]3CCCC[C@H]3C)nn2c(C)c1Cc1ccccc1. The van der Waals surface area contributed by atoms with Crippen molar-refractivity contribution in [1.82, 2.24) is 24.9 Å². The summed E-state index contributed by atoms with van der Waals surface area (Å²) >= 11 is 1.37. The van der Waals surface area contributed by atoms with Crippen LogP contribution in [0.5, 0.6) is 0 Å². The van der Waals surface area contributed by atoms with Crippen LogP contribution >= 0.6 is 11.8 Å². The number of carbonyl (C=O) groups is 1. The molecule has 1 amide bonds. The number of fused-ring (bicyclic) bond motifs is 1. The third-order valence-electron chi connectivity index (χ3n) is 6.04. The van der Waals surface area contributed by atoms with E-state index in [1.165, 1.54) is 42.2 Å². The van der Waals surface area contributed by atoms with Gasteiger partial charge in [-0.2, -0.15) is 4.98 Å². The van der Waals surface area contributed by atoms with E-state index in [1.807, 2.05) is 13.0 Å². The smallest absolute Gasteiger partial charge is 0.253 e. The molecule has 1 aliphatic carbocycles. The van der Waals surface area contributed by atoms with Gasteiger partial charge in [0.2, 0.25) is 11.1 Å². The summed E-state index contributed by atoms with van der Waals surface area (Å²) in [5.74, 6) is 1.53. The summed E-state index contributed by atoms with van der Waals surface area (Å²) in [7, 11) is 0. The van der Waals surface area contributed by atoms with Crippen LogP contribution in [0.3, 0.4) is 0 Å². The van der Waals surface area contributed by atoms with E-state index in [0.717, 1.165) is 24.2 Å². The highest BCUT2D eigenvalue weighted by atomic mass is 32.2. The second-order valence-corrected chi connectivity index (χ2v) is 9.20. The molecule has 0 aliphatic heterocycles. The van der Waals surface area contributed by atoms with Crippen LogP contribution in [0.25, 0.3) is 5.78 Å². The lowest BCUT2D eigenvalue weighted by molar-refractivity contribution is -0.119. The molecule has 3 aromatic rings. The number of thioether (sulfide) groups is 1. The quantitative estimate of drug-likeness (QED) is 0.604. The minimum absolute atomic E-state index is 0.0586. The molecule has 1 fully saturated rings. The number of nitrogens with zero attached hydrogens (tertiary/aromatic N) is 4. The minimum atomic E-state index is 0.0586. The largest absolute Gasteiger partial charge is 0.352 e. The van der Waals surface area contributed by atoms with Crippen LogP contribution in [0.2, 0.25) is 0 Å². The van der Waals surface area contributed by atoms with Gasteiger partial charge in [0.05, 0.1) is 5.75 Å². The fraction of sp³-hybridized carbons (Fsp3) is 0.478. The molecule has 0 radical (unpaired) electrons. The molecule has 1 aromatic carbocycles. The fourth-order valence-electron chi connectivity index (χ4n) is 4.22. The van der Waals surface area contributed by atoms with Crippen LogP contribution in [0.15, 0.2) is 35.5 Å². The van der Waals surface area contributed by atoms with Crippen LogP contribution < -0.4 is 5.32 Å². The monoisotopic (exact) mass is 423 g/mol. The summed E-state index contributed by atoms with van der Waals surface area (Å²) in [5.41, 5.74) is 4.42. The predicted octanol–water partition coefficient (Wildman–Crippen LogP) is 4.12. The summed E-state index contributed by atoms with van der Waals surface area (Å²) in [6.45, 7) is 6.30. The van der Waals surface area contributed by atoms with E-state index in [2.05, 4.69) is 58.5 Å². The Labute approximate surface area is 181 Å². The van der Waals surface area contributed by atoms with Crippen molar-refractivity contribution in [3.8, 4) is 0 Å². The van der Waals surface area contributed by atoms with Gasteiger partial charge in [0, 0.05) is 23.9 Å². The third-order valence-corrected chi connectivity index (χ3v) is 6.88. The molecular formula is C23H29N5OS. The van der Waals surface area contributed by atoms with Gasteiger partial charge in [-0.25, -0.2) is 9.50 Å². The van der Waals surface area contributed by atoms with Gasteiger partial charge in [0.15, 0.2) is 0 Å². The van der Waals surface area contributed by atoms with E-state index in [-0.39, 0.29) is 5.91 Å². The first-order valence-corrected chi connectivity index (χ1v) is 11.7. The lowest BCUT2D eigenvalue weighted by atomic mass is 9.86. The molecule has 0 unspecified atom stereocenters. The fourth-order valence-corrected chi connectivity index (χ4v) is 4.85. The van der Waals surface area contributed by atoms with Gasteiger partial charge >= 0.3 is 0 Å². The number of carbonyl (C=O) groups excluding carboxylic acids is 1. The van der Waals surface area contributed by atoms with Crippen molar-refractivity contribution in [2.45, 2.75) is 64.1 Å². The summed E-state index contributed by atoms with van der Waals surface area (Å²) in [6, 6.07) is 10.7. The second-order valence-electron chi connectivity index (χ2n) is 8.25. The van der Waals surface area contributed by atoms with E-state index in [9.17, 15) is 4.79 Å². The van der Waals surface area contributed by atoms with Gasteiger partial charge in [-0.05, 0) is 43.7 Å². The highest BCUT2D eigenvalue weighted by Gasteiger charge is 2.23. The van der Waals surface area contributed by atoms with E-state index >= 15 is 0 Å². The molecule has 0 bridgehead atoms. The molecule has 7 heteroatoms. The average molecular weight is 424 g/mol. The Morgan fingerprint density at radius 1 is 1.17 bits per heavy atom. The van der Waals surface area contributed by atoms with Gasteiger partial charge < -0.3 is 5.32 Å². The van der Waals surface area contributed by atoms with Gasteiger partial charge in [-0.3, -0.25) is 4.79 Å². The molecule has 2 heterocycles. The molecule has 2 atom stereocenters. The lowest BCUT2D eigenvalue weighted by Gasteiger charge is -2.29. The number of hydrogen-bond acceptors (Lipinski definition) is 5. The van der Waals surface area contributed by atoms with Crippen molar-refractivity contribution in [1.29, 1.82) is 0 Å². The van der Waals surface area contributed by atoms with Crippen LogP contribution in [-0.2, 0) is 11.2 Å². The van der Waals surface area contributed by atoms with Crippen molar-refractivity contribution >= 4 is 23.4 Å². The molecule has 4 rings (SSSR count). The zero-order valence-electron chi connectivity index (χ0n) is 17.9. The van der Waals surface area contributed by atoms with Gasteiger partial charge in [0.25, 0.3) is 5.78 Å². The number of hydrogen-bond donors (Lipinski definition) is 1. The summed E-state index contributed by atoms with van der Waals surface area (Å²) in [5, 5.41) is 8.40. The number of aryl methyl sites for hydroxylation is 2. The van der Waals surface area contributed by atoms with Crippen LogP contribution in [0.4, 0.5) is 0 Å². The molecule has 1 aliphatic rings. The normalized spacial score (nSPS) is 19.2. The van der Waals surface area contributed by atoms with Crippen molar-refractivity contribution in [3.05, 3.63) is 52.8 Å². The molecule has 158 valence electrons. The molecular weight excluding hydrogens is 394 g/mol. The lowest BCUT2D eigenvalue weighted by Crippen LogP contribution is -2.41. The van der Waals surface area contributed by atoms with E-state index in [1.54, 1.807) is 4.52 Å². The Balaban J connectivity index is 1.45. The first kappa shape index (κ1) is 20.8. The Morgan fingerprint density at radius 2 is 1.93 bits per heavy atom. The Morgan fingerprint density at radius 3 is 2.70 bits per heavy atom. The van der Waals surface area contributed by atoms with Crippen molar-refractivity contribution in [3.63, 3.8) is 0 Å². The van der Waals surface area contributed by atoms with Gasteiger partial charge in [-0.1, -0.05) is 61.9 Å². The summed E-state index contributed by atoms with van der Waals surface area (Å²) in [4.78, 5) is 21.6. The van der Waals surface area contributed by atoms with Crippen molar-refractivity contribution in [2.24, 2.45) is 5.92 Å². The predicted molar refractivity (Wildman–Crippen MR) is 120 cm³/mol. The zero-order valence-corrected chi connectivity index (χ0v) is 18.7. The highest BCUT2D eigenvalue weighted by Crippen LogP contribution is 2.24. The molecule has 30 heavy (non-hydrogen) atoms. The summed E-state index contributed by atoms with van der Waals surface area (Å²) in [6.07, 6.45) is 5.56. The third kappa shape index (κ3) is 4.67. The molecule has 0 spiro atoms. The van der Waals surface area contributed by atoms with Gasteiger partial charge in [-0.15, -0.1) is 5.10 Å². The topological polar surface area (TPSA) is 72.2 Å². The Hall–Kier alpha value is -2.41. The summed E-state index contributed by atoms with van der Waals surface area (Å²) < 4.78 is 1.80. The molecule has 1 N–H and O–H groups in total. The Bertz CT molecular complexity index is 1030. The maximum Gasteiger partial charge on any atom is 0.253 e. The molecule has 6 nitrogen and oxygen atoms in total. The average Bonchev–Trinajstić information content (AvgIpc) is 3.15. The van der Waals surface area contributed by atoms with Crippen LogP contribution in [-0.4, -0.2) is 37.3 Å². The molecule has 1 saturated carbocycles. The highest BCUT2D eigenvalue weighted by molar-refractivity contribution is 7.99. The van der Waals surface area contributed by atoms with E-state index < -0.39 is 0 Å². The number of benzene rings is 1. The van der Waals surface area contributed by atoms with Crippen molar-refractivity contribution < 1.29 is 4.79 Å². The first-order chi connectivity index (χ1) is 14.5. The zero-order chi connectivity index (χ0) is 21.1. The standard InChI is InChI=1S/C23H29N5OS/c1-15-9-7-8-12-20(15)25-21(29)14-30-23-26-22-24-16(2)19(17(3)28(22)27-23)13-18-10-5-4-6-11-18/h4-6,10-11,15,20H,7-9,12-14H2,1-3H3,(H,25,29)/t15-,20+/m1/s1. The number of nitrogens with one attached hydrogen (secondary N) is 1. The van der Waals surface area contributed by atoms with Crippen LogP contribution in [0.1, 0.15) is 55.1 Å². The number of rotatable bonds is 6. The number of aromatic nitrogens is 4. The van der Waals surface area contributed by atoms with E-state index in [0.29, 0.717) is 28.6 Å². The molecule has 2 aromatic heterocycles.